The van der Waals surface area contributed by atoms with E-state index in [1.165, 1.54) is 5.56 Å². The molecule has 4 atom stereocenters. The summed E-state index contributed by atoms with van der Waals surface area (Å²) in [7, 11) is 0. The first-order chi connectivity index (χ1) is 9.60. The fourth-order valence-electron chi connectivity index (χ4n) is 2.99. The van der Waals surface area contributed by atoms with Gasteiger partial charge in [-0.3, -0.25) is 4.79 Å². The lowest BCUT2D eigenvalue weighted by atomic mass is 10.1. The predicted molar refractivity (Wildman–Crippen MR) is 83.6 cm³/mol. The molecule has 20 heavy (non-hydrogen) atoms. The van der Waals surface area contributed by atoms with Gasteiger partial charge in [0.2, 0.25) is 5.91 Å². The normalized spacial score (nSPS) is 24.0. The number of rotatable bonds is 6. The molecule has 1 aromatic rings. The van der Waals surface area contributed by atoms with Crippen molar-refractivity contribution >= 4 is 5.91 Å². The molecule has 0 heterocycles. The van der Waals surface area contributed by atoms with Crippen LogP contribution >= 0.6 is 0 Å². The molecule has 2 nitrogen and oxygen atoms in total. The molecule has 1 amide bonds. The first kappa shape index (κ1) is 15.1. The number of hydrogen-bond donors (Lipinski definition) is 0. The van der Waals surface area contributed by atoms with E-state index in [0.717, 1.165) is 19.3 Å². The third-order valence-corrected chi connectivity index (χ3v) is 4.72. The van der Waals surface area contributed by atoms with Gasteiger partial charge in [-0.15, -0.1) is 0 Å². The molecule has 0 N–H and O–H groups in total. The minimum atomic E-state index is 0.209. The Morgan fingerprint density at radius 2 is 1.70 bits per heavy atom. The van der Waals surface area contributed by atoms with E-state index >= 15 is 0 Å². The highest BCUT2D eigenvalue weighted by Gasteiger charge is 2.46. The van der Waals surface area contributed by atoms with E-state index in [1.807, 2.05) is 6.07 Å². The fourth-order valence-corrected chi connectivity index (χ4v) is 2.99. The average Bonchev–Trinajstić information content (AvgIpc) is 3.28. The Hall–Kier alpha value is -1.31. The van der Waals surface area contributed by atoms with Crippen LogP contribution in [0.4, 0.5) is 0 Å². The van der Waals surface area contributed by atoms with E-state index in [1.54, 1.807) is 0 Å². The first-order valence-corrected chi connectivity index (χ1v) is 7.97. The van der Waals surface area contributed by atoms with E-state index in [4.69, 9.17) is 0 Å². The van der Waals surface area contributed by atoms with E-state index < -0.39 is 0 Å². The summed E-state index contributed by atoms with van der Waals surface area (Å²) < 4.78 is 0. The Kier molecular flexibility index (Phi) is 4.85. The molecule has 1 saturated carbocycles. The molecule has 2 heteroatoms. The van der Waals surface area contributed by atoms with Crippen LogP contribution in [0.3, 0.4) is 0 Å². The quantitative estimate of drug-likeness (QED) is 0.760. The minimum absolute atomic E-state index is 0.209. The zero-order chi connectivity index (χ0) is 14.7. The highest BCUT2D eigenvalue weighted by molar-refractivity contribution is 5.83. The molecule has 2 rings (SSSR count). The van der Waals surface area contributed by atoms with E-state index in [0.29, 0.717) is 23.9 Å². The lowest BCUT2D eigenvalue weighted by Gasteiger charge is -2.34. The van der Waals surface area contributed by atoms with E-state index in [9.17, 15) is 4.79 Å². The lowest BCUT2D eigenvalue weighted by molar-refractivity contribution is -0.137. The van der Waals surface area contributed by atoms with Crippen molar-refractivity contribution in [2.45, 2.75) is 65.0 Å². The zero-order valence-electron chi connectivity index (χ0n) is 13.2. The molecule has 1 aromatic carbocycles. The predicted octanol–water partition coefficient (Wildman–Crippen LogP) is 4.22. The van der Waals surface area contributed by atoms with Crippen molar-refractivity contribution in [3.63, 3.8) is 0 Å². The number of nitrogens with zero attached hydrogens (tertiary/aromatic N) is 1. The Labute approximate surface area is 123 Å². The standard InChI is InChI=1S/C18H27NO/c1-5-13(3)19(14(4)6-2)18(20)17-12-16(17)15-10-8-7-9-11-15/h7-11,13-14,16-17H,5-6,12H2,1-4H3. The number of hydrogen-bond acceptors (Lipinski definition) is 1. The molecule has 1 aliphatic carbocycles. The molecule has 0 bridgehead atoms. The van der Waals surface area contributed by atoms with Gasteiger partial charge >= 0.3 is 0 Å². The summed E-state index contributed by atoms with van der Waals surface area (Å²) in [6.45, 7) is 8.66. The van der Waals surface area contributed by atoms with Gasteiger partial charge in [-0.25, -0.2) is 0 Å². The van der Waals surface area contributed by atoms with Gasteiger partial charge in [0.1, 0.15) is 0 Å². The molecule has 0 aliphatic heterocycles. The van der Waals surface area contributed by atoms with Crippen LogP contribution in [0.15, 0.2) is 30.3 Å². The second kappa shape index (κ2) is 6.43. The van der Waals surface area contributed by atoms with Gasteiger partial charge in [0.15, 0.2) is 0 Å². The highest BCUT2D eigenvalue weighted by Crippen LogP contribution is 2.48. The summed E-state index contributed by atoms with van der Waals surface area (Å²) in [4.78, 5) is 14.9. The van der Waals surface area contributed by atoms with E-state index in [2.05, 4.69) is 56.9 Å². The molecule has 0 radical (unpaired) electrons. The van der Waals surface area contributed by atoms with Gasteiger partial charge in [-0.2, -0.15) is 0 Å². The highest BCUT2D eigenvalue weighted by atomic mass is 16.2. The number of carbonyl (C=O) groups excluding carboxylic acids is 1. The summed E-state index contributed by atoms with van der Waals surface area (Å²) in [6, 6.07) is 11.1. The molecule has 110 valence electrons. The van der Waals surface area contributed by atoms with Crippen molar-refractivity contribution in [1.82, 2.24) is 4.90 Å². The van der Waals surface area contributed by atoms with Crippen molar-refractivity contribution in [3.05, 3.63) is 35.9 Å². The molecule has 0 saturated heterocycles. The monoisotopic (exact) mass is 273 g/mol. The van der Waals surface area contributed by atoms with Crippen molar-refractivity contribution in [2.24, 2.45) is 5.92 Å². The van der Waals surface area contributed by atoms with Crippen LogP contribution in [0, 0.1) is 5.92 Å². The van der Waals surface area contributed by atoms with Crippen molar-refractivity contribution in [3.8, 4) is 0 Å². The molecular formula is C18H27NO. The maximum Gasteiger partial charge on any atom is 0.226 e. The van der Waals surface area contributed by atoms with Crippen LogP contribution in [0.2, 0.25) is 0 Å². The summed E-state index contributed by atoms with van der Waals surface area (Å²) in [5, 5.41) is 0. The smallest absolute Gasteiger partial charge is 0.226 e. The Morgan fingerprint density at radius 1 is 1.15 bits per heavy atom. The second-order valence-electron chi connectivity index (χ2n) is 6.12. The number of benzene rings is 1. The fraction of sp³-hybridized carbons (Fsp3) is 0.611. The van der Waals surface area contributed by atoms with Crippen molar-refractivity contribution in [2.75, 3.05) is 0 Å². The summed E-state index contributed by atoms with van der Waals surface area (Å²) in [5.74, 6) is 1.02. The molecule has 4 unspecified atom stereocenters. The number of amides is 1. The maximum atomic E-state index is 12.8. The van der Waals surface area contributed by atoms with Crippen molar-refractivity contribution < 1.29 is 4.79 Å². The minimum Gasteiger partial charge on any atom is -0.337 e. The van der Waals surface area contributed by atoms with Crippen LogP contribution in [0.5, 0.6) is 0 Å². The molecule has 0 aromatic heterocycles. The zero-order valence-corrected chi connectivity index (χ0v) is 13.2. The maximum absolute atomic E-state index is 12.8. The van der Waals surface area contributed by atoms with Crippen LogP contribution in [0.25, 0.3) is 0 Å². The third kappa shape index (κ3) is 3.05. The van der Waals surface area contributed by atoms with Gasteiger partial charge in [0.05, 0.1) is 0 Å². The molecule has 0 spiro atoms. The summed E-state index contributed by atoms with van der Waals surface area (Å²) in [5.41, 5.74) is 1.32. The summed E-state index contributed by atoms with van der Waals surface area (Å²) in [6.07, 6.45) is 3.07. The molecule has 1 aliphatic rings. The second-order valence-corrected chi connectivity index (χ2v) is 6.12. The van der Waals surface area contributed by atoms with Crippen LogP contribution in [-0.4, -0.2) is 22.9 Å². The lowest BCUT2D eigenvalue weighted by Crippen LogP contribution is -2.45. The molecule has 1 fully saturated rings. The Bertz CT molecular complexity index is 432. The largest absolute Gasteiger partial charge is 0.337 e. The summed E-state index contributed by atoms with van der Waals surface area (Å²) >= 11 is 0. The van der Waals surface area contributed by atoms with Crippen LogP contribution in [-0.2, 0) is 4.79 Å². The van der Waals surface area contributed by atoms with Gasteiger partial charge in [0.25, 0.3) is 0 Å². The van der Waals surface area contributed by atoms with Gasteiger partial charge < -0.3 is 4.90 Å². The topological polar surface area (TPSA) is 20.3 Å². The molecular weight excluding hydrogens is 246 g/mol. The SMILES string of the molecule is CCC(C)N(C(=O)C1CC1c1ccccc1)C(C)CC. The van der Waals surface area contributed by atoms with Gasteiger partial charge in [-0.1, -0.05) is 44.2 Å². The van der Waals surface area contributed by atoms with Crippen LogP contribution in [0.1, 0.15) is 58.4 Å². The average molecular weight is 273 g/mol. The van der Waals surface area contributed by atoms with Gasteiger partial charge in [-0.05, 0) is 44.6 Å². The first-order valence-electron chi connectivity index (χ1n) is 7.97. The van der Waals surface area contributed by atoms with Gasteiger partial charge in [0, 0.05) is 18.0 Å². The van der Waals surface area contributed by atoms with E-state index in [-0.39, 0.29) is 5.92 Å². The Morgan fingerprint density at radius 3 is 2.20 bits per heavy atom. The third-order valence-electron chi connectivity index (χ3n) is 4.72. The van der Waals surface area contributed by atoms with Crippen molar-refractivity contribution in [1.29, 1.82) is 0 Å². The number of carbonyl (C=O) groups is 1. The Balaban J connectivity index is 2.07. The van der Waals surface area contributed by atoms with Crippen LogP contribution < -0.4 is 0 Å².